The van der Waals surface area contributed by atoms with Crippen LogP contribution in [0, 0.1) is 0 Å². The molecule has 0 aliphatic carbocycles. The molecule has 1 N–H and O–H groups in total. The van der Waals surface area contributed by atoms with Crippen LogP contribution in [0.15, 0.2) is 91.0 Å². The quantitative estimate of drug-likeness (QED) is 0.728. The number of carbonyl (C=O) groups is 1. The van der Waals surface area contributed by atoms with Crippen molar-refractivity contribution in [3.05, 3.63) is 108 Å². The third-order valence-electron chi connectivity index (χ3n) is 5.55. The maximum absolute atomic E-state index is 13.8. The maximum Gasteiger partial charge on any atom is 0.233 e. The summed E-state index contributed by atoms with van der Waals surface area (Å²) in [5.74, 6) is -0.860. The average Bonchev–Trinajstić information content (AvgIpc) is 2.81. The van der Waals surface area contributed by atoms with Crippen molar-refractivity contribution < 1.29 is 14.6 Å². The maximum atomic E-state index is 13.8. The van der Waals surface area contributed by atoms with Gasteiger partial charge >= 0.3 is 0 Å². The molecule has 3 aromatic carbocycles. The van der Waals surface area contributed by atoms with Gasteiger partial charge in [-0.15, -0.1) is 0 Å². The van der Waals surface area contributed by atoms with Crippen LogP contribution >= 0.6 is 0 Å². The number of nitrogens with zero attached hydrogens (tertiary/aromatic N) is 1. The van der Waals surface area contributed by atoms with Crippen molar-refractivity contribution in [2.75, 3.05) is 26.3 Å². The van der Waals surface area contributed by atoms with Crippen LogP contribution in [0.3, 0.4) is 0 Å². The SMILES string of the molecule is O=C([C@H](c1ccccc1)C(O)(c1ccccc1)c1ccccc1)N1CCOCC1. The molecule has 1 aliphatic heterocycles. The molecule has 0 saturated carbocycles. The number of amides is 1. The topological polar surface area (TPSA) is 49.8 Å². The molecule has 1 saturated heterocycles. The fourth-order valence-electron chi connectivity index (χ4n) is 4.06. The highest BCUT2D eigenvalue weighted by molar-refractivity contribution is 5.86. The Bertz CT molecular complexity index is 883. The standard InChI is InChI=1S/C25H25NO3/c27-24(26-16-18-29-19-17-26)23(20-10-4-1-5-11-20)25(28,21-12-6-2-7-13-21)22-14-8-3-9-15-22/h1-15,23,28H,16-19H2/t23-/m0/s1. The van der Waals surface area contributed by atoms with Gasteiger partial charge in [-0.3, -0.25) is 4.79 Å². The van der Waals surface area contributed by atoms with E-state index in [0.29, 0.717) is 37.4 Å². The Balaban J connectivity index is 1.90. The van der Waals surface area contributed by atoms with E-state index in [1.807, 2.05) is 91.0 Å². The first kappa shape index (κ1) is 19.4. The van der Waals surface area contributed by atoms with E-state index in [4.69, 9.17) is 4.74 Å². The van der Waals surface area contributed by atoms with E-state index in [0.717, 1.165) is 5.56 Å². The van der Waals surface area contributed by atoms with Crippen LogP contribution in [0.4, 0.5) is 0 Å². The summed E-state index contributed by atoms with van der Waals surface area (Å²) in [5, 5.41) is 12.3. The van der Waals surface area contributed by atoms with Crippen molar-refractivity contribution in [1.82, 2.24) is 4.90 Å². The van der Waals surface area contributed by atoms with Crippen LogP contribution in [-0.2, 0) is 15.1 Å². The van der Waals surface area contributed by atoms with Gasteiger partial charge in [0.25, 0.3) is 0 Å². The van der Waals surface area contributed by atoms with Gasteiger partial charge < -0.3 is 14.7 Å². The van der Waals surface area contributed by atoms with Crippen molar-refractivity contribution >= 4 is 5.91 Å². The monoisotopic (exact) mass is 387 g/mol. The Morgan fingerprint density at radius 3 is 1.72 bits per heavy atom. The highest BCUT2D eigenvalue weighted by Crippen LogP contribution is 2.43. The van der Waals surface area contributed by atoms with Crippen LogP contribution in [0.1, 0.15) is 22.6 Å². The third kappa shape index (κ3) is 3.82. The smallest absolute Gasteiger partial charge is 0.233 e. The Morgan fingerprint density at radius 2 is 1.24 bits per heavy atom. The first-order valence-corrected chi connectivity index (χ1v) is 9.96. The summed E-state index contributed by atoms with van der Waals surface area (Å²) in [6.07, 6.45) is 0. The number of hydrogen-bond donors (Lipinski definition) is 1. The zero-order valence-electron chi connectivity index (χ0n) is 16.3. The number of ether oxygens (including phenoxy) is 1. The molecule has 3 aromatic rings. The van der Waals surface area contributed by atoms with E-state index in [9.17, 15) is 9.90 Å². The number of aliphatic hydroxyl groups is 1. The summed E-state index contributed by atoms with van der Waals surface area (Å²) in [5.41, 5.74) is 0.682. The Kier molecular flexibility index (Phi) is 5.74. The minimum Gasteiger partial charge on any atom is -0.379 e. The summed E-state index contributed by atoms with van der Waals surface area (Å²) in [6, 6.07) is 28.5. The molecule has 29 heavy (non-hydrogen) atoms. The summed E-state index contributed by atoms with van der Waals surface area (Å²) in [4.78, 5) is 15.6. The van der Waals surface area contributed by atoms with Gasteiger partial charge in [0.2, 0.25) is 5.91 Å². The third-order valence-corrected chi connectivity index (χ3v) is 5.55. The van der Waals surface area contributed by atoms with Crippen LogP contribution in [0.5, 0.6) is 0 Å². The number of morpholine rings is 1. The summed E-state index contributed by atoms with van der Waals surface area (Å²) < 4.78 is 5.43. The van der Waals surface area contributed by atoms with Crippen molar-refractivity contribution in [3.63, 3.8) is 0 Å². The molecule has 0 aromatic heterocycles. The van der Waals surface area contributed by atoms with E-state index < -0.39 is 11.5 Å². The van der Waals surface area contributed by atoms with Crippen molar-refractivity contribution in [1.29, 1.82) is 0 Å². The lowest BCUT2D eigenvalue weighted by Crippen LogP contribution is -2.49. The second-order valence-electron chi connectivity index (χ2n) is 7.28. The minimum absolute atomic E-state index is 0.0882. The van der Waals surface area contributed by atoms with Gasteiger partial charge in [-0.1, -0.05) is 91.0 Å². The Hall–Kier alpha value is -2.95. The predicted octanol–water partition coefficient (Wildman–Crippen LogP) is 3.57. The fraction of sp³-hybridized carbons (Fsp3) is 0.240. The lowest BCUT2D eigenvalue weighted by Gasteiger charge is -2.40. The summed E-state index contributed by atoms with van der Waals surface area (Å²) in [7, 11) is 0. The van der Waals surface area contributed by atoms with Crippen LogP contribution in [-0.4, -0.2) is 42.2 Å². The van der Waals surface area contributed by atoms with Crippen LogP contribution in [0.25, 0.3) is 0 Å². The molecule has 1 aliphatic rings. The molecule has 0 unspecified atom stereocenters. The van der Waals surface area contributed by atoms with Gasteiger partial charge in [-0.05, 0) is 16.7 Å². The second kappa shape index (κ2) is 8.60. The molecule has 148 valence electrons. The highest BCUT2D eigenvalue weighted by Gasteiger charge is 2.46. The number of benzene rings is 3. The van der Waals surface area contributed by atoms with Gasteiger partial charge in [0.1, 0.15) is 11.5 Å². The van der Waals surface area contributed by atoms with E-state index in [-0.39, 0.29) is 5.91 Å². The molecule has 4 nitrogen and oxygen atoms in total. The molecular weight excluding hydrogens is 362 g/mol. The van der Waals surface area contributed by atoms with Gasteiger partial charge in [-0.25, -0.2) is 0 Å². The number of hydrogen-bond acceptors (Lipinski definition) is 3. The molecule has 0 spiro atoms. The van der Waals surface area contributed by atoms with E-state index in [1.54, 1.807) is 4.90 Å². The van der Waals surface area contributed by atoms with Gasteiger partial charge in [-0.2, -0.15) is 0 Å². The molecule has 4 heteroatoms. The first-order chi connectivity index (χ1) is 14.2. The fourth-order valence-corrected chi connectivity index (χ4v) is 4.06. The molecule has 4 rings (SSSR count). The molecular formula is C25H25NO3. The van der Waals surface area contributed by atoms with E-state index >= 15 is 0 Å². The molecule has 1 amide bonds. The number of carbonyl (C=O) groups excluding carboxylic acids is 1. The summed E-state index contributed by atoms with van der Waals surface area (Å²) >= 11 is 0. The molecule has 1 atom stereocenters. The van der Waals surface area contributed by atoms with Crippen molar-refractivity contribution in [2.24, 2.45) is 0 Å². The lowest BCUT2D eigenvalue weighted by molar-refractivity contribution is -0.142. The van der Waals surface area contributed by atoms with Crippen molar-refractivity contribution in [2.45, 2.75) is 11.5 Å². The van der Waals surface area contributed by atoms with Gasteiger partial charge in [0.15, 0.2) is 0 Å². The summed E-state index contributed by atoms with van der Waals surface area (Å²) in [6.45, 7) is 2.09. The molecule has 0 bridgehead atoms. The molecule has 1 fully saturated rings. The van der Waals surface area contributed by atoms with E-state index in [1.165, 1.54) is 0 Å². The average molecular weight is 387 g/mol. The molecule has 0 radical (unpaired) electrons. The largest absolute Gasteiger partial charge is 0.379 e. The minimum atomic E-state index is -1.50. The predicted molar refractivity (Wildman–Crippen MR) is 112 cm³/mol. The second-order valence-corrected chi connectivity index (χ2v) is 7.28. The first-order valence-electron chi connectivity index (χ1n) is 9.96. The van der Waals surface area contributed by atoms with Crippen LogP contribution < -0.4 is 0 Å². The van der Waals surface area contributed by atoms with E-state index in [2.05, 4.69) is 0 Å². The van der Waals surface area contributed by atoms with Crippen LogP contribution in [0.2, 0.25) is 0 Å². The van der Waals surface area contributed by atoms with Gasteiger partial charge in [0.05, 0.1) is 13.2 Å². The number of rotatable bonds is 5. The normalized spacial score (nSPS) is 15.7. The Morgan fingerprint density at radius 1 is 0.793 bits per heavy atom. The zero-order valence-corrected chi connectivity index (χ0v) is 16.3. The lowest BCUT2D eigenvalue weighted by atomic mass is 9.72. The highest BCUT2D eigenvalue weighted by atomic mass is 16.5. The Labute approximate surface area is 171 Å². The molecule has 1 heterocycles. The van der Waals surface area contributed by atoms with Gasteiger partial charge in [0, 0.05) is 13.1 Å². The zero-order chi connectivity index (χ0) is 20.1. The van der Waals surface area contributed by atoms with Crippen molar-refractivity contribution in [3.8, 4) is 0 Å².